The summed E-state index contributed by atoms with van der Waals surface area (Å²) in [4.78, 5) is 93.4. The number of nitrogens with one attached hydrogen (secondary N) is 2. The highest BCUT2D eigenvalue weighted by molar-refractivity contribution is 5.96. The molecule has 4 aliphatic rings. The molecule has 16 heteroatoms. The third-order valence-corrected chi connectivity index (χ3v) is 8.39. The number of hydrogen-bond acceptors (Lipinski definition) is 10. The van der Waals surface area contributed by atoms with Crippen molar-refractivity contribution in [3.63, 3.8) is 0 Å². The lowest BCUT2D eigenvalue weighted by Gasteiger charge is -2.31. The number of aliphatic hydroxyl groups is 2. The van der Waals surface area contributed by atoms with Crippen LogP contribution >= 0.6 is 0 Å². The highest BCUT2D eigenvalue weighted by Crippen LogP contribution is 2.27. The summed E-state index contributed by atoms with van der Waals surface area (Å²) in [6.07, 6.45) is 0.497. The molecule has 0 aromatic heterocycles. The van der Waals surface area contributed by atoms with Crippen LogP contribution in [-0.2, 0) is 33.6 Å². The number of aldehydes is 1. The molecule has 0 aromatic carbocycles. The normalized spacial score (nSPS) is 29.1. The molecule has 0 unspecified atom stereocenters. The second kappa shape index (κ2) is 13.6. The second-order valence-electron chi connectivity index (χ2n) is 11.1. The molecule has 232 valence electrons. The number of nitrogens with two attached hydrogens (primary N) is 1. The Morgan fingerprint density at radius 1 is 0.714 bits per heavy atom. The highest BCUT2D eigenvalue weighted by Gasteiger charge is 2.46. The van der Waals surface area contributed by atoms with Gasteiger partial charge in [0, 0.05) is 39.0 Å². The highest BCUT2D eigenvalue weighted by atomic mass is 16.3. The SMILES string of the molecule is NCC(=O)N1CCC[C@H]1C(=O)N1C[C@H](O)C[C@H]1C(=O)NCC(=O)N1CCC[C@H]1C(=O)N1C[C@H](O)C[C@H]1C(=O)NCC=O. The summed E-state index contributed by atoms with van der Waals surface area (Å²) in [6, 6.07) is -3.67. The molecule has 42 heavy (non-hydrogen) atoms. The number of likely N-dealkylation sites (tertiary alicyclic amines) is 4. The van der Waals surface area contributed by atoms with E-state index in [0.717, 1.165) is 0 Å². The maximum Gasteiger partial charge on any atom is 0.246 e. The molecule has 0 radical (unpaired) electrons. The van der Waals surface area contributed by atoms with Crippen LogP contribution in [-0.4, -0.2) is 154 Å². The van der Waals surface area contributed by atoms with Gasteiger partial charge in [0.1, 0.15) is 30.5 Å². The summed E-state index contributed by atoms with van der Waals surface area (Å²) < 4.78 is 0. The van der Waals surface area contributed by atoms with Gasteiger partial charge in [0.15, 0.2) is 0 Å². The molecule has 4 rings (SSSR count). The van der Waals surface area contributed by atoms with Crippen molar-refractivity contribution in [2.75, 3.05) is 45.8 Å². The fourth-order valence-electron chi connectivity index (χ4n) is 6.40. The van der Waals surface area contributed by atoms with Gasteiger partial charge in [0.2, 0.25) is 35.4 Å². The van der Waals surface area contributed by atoms with E-state index in [1.54, 1.807) is 0 Å². The molecule has 6 amide bonds. The minimum absolute atomic E-state index is 0.00855. The Balaban J connectivity index is 1.36. The van der Waals surface area contributed by atoms with Gasteiger partial charge in [-0.1, -0.05) is 0 Å². The molecule has 0 bridgehead atoms. The van der Waals surface area contributed by atoms with E-state index < -0.39 is 72.5 Å². The number of nitrogens with zero attached hydrogens (tertiary/aromatic N) is 4. The molecule has 6 atom stereocenters. The summed E-state index contributed by atoms with van der Waals surface area (Å²) >= 11 is 0. The van der Waals surface area contributed by atoms with E-state index in [2.05, 4.69) is 10.6 Å². The Morgan fingerprint density at radius 2 is 1.19 bits per heavy atom. The van der Waals surface area contributed by atoms with Gasteiger partial charge in [-0.3, -0.25) is 28.8 Å². The number of rotatable bonds is 9. The molecule has 4 fully saturated rings. The Kier molecular flexibility index (Phi) is 10.1. The van der Waals surface area contributed by atoms with Crippen LogP contribution in [0.2, 0.25) is 0 Å². The van der Waals surface area contributed by atoms with Crippen LogP contribution in [0.4, 0.5) is 0 Å². The third kappa shape index (κ3) is 6.55. The molecule has 4 saturated heterocycles. The van der Waals surface area contributed by atoms with E-state index in [0.29, 0.717) is 38.5 Å². The average Bonchev–Trinajstić information content (AvgIpc) is 3.79. The van der Waals surface area contributed by atoms with Crippen molar-refractivity contribution < 1.29 is 43.8 Å². The predicted octanol–water partition coefficient (Wildman–Crippen LogP) is -4.72. The Bertz CT molecular complexity index is 1100. The number of carbonyl (C=O) groups is 7. The smallest absolute Gasteiger partial charge is 0.246 e. The van der Waals surface area contributed by atoms with Crippen LogP contribution in [0.5, 0.6) is 0 Å². The standard InChI is InChI=1S/C26H39N7O9/c27-11-21(37)30-6-1-3-17(30)25(41)33-14-16(36)10-20(33)24(40)29-12-22(38)31-7-2-4-18(31)26(42)32-13-15(35)9-19(32)23(39)28-5-8-34/h8,15-20,35-36H,1-7,9-14,27H2,(H,28,39)(H,29,40)/t15-,16-,17+,18+,19+,20+/m1/s1. The van der Waals surface area contributed by atoms with Crippen molar-refractivity contribution in [1.29, 1.82) is 0 Å². The summed E-state index contributed by atoms with van der Waals surface area (Å²) in [7, 11) is 0. The number of hydrogen-bond donors (Lipinski definition) is 5. The van der Waals surface area contributed by atoms with Gasteiger partial charge in [0.25, 0.3) is 0 Å². The maximum atomic E-state index is 13.4. The summed E-state index contributed by atoms with van der Waals surface area (Å²) in [5.41, 5.74) is 5.47. The molecule has 6 N–H and O–H groups in total. The van der Waals surface area contributed by atoms with Gasteiger partial charge < -0.3 is 51.0 Å². The topological polar surface area (TPSA) is 223 Å². The minimum Gasteiger partial charge on any atom is -0.391 e. The molecule has 0 aliphatic carbocycles. The first-order valence-electron chi connectivity index (χ1n) is 14.3. The van der Waals surface area contributed by atoms with Gasteiger partial charge >= 0.3 is 0 Å². The molecule has 0 aromatic rings. The first-order valence-corrected chi connectivity index (χ1v) is 14.3. The molecule has 4 aliphatic heterocycles. The second-order valence-corrected chi connectivity index (χ2v) is 11.1. The lowest BCUT2D eigenvalue weighted by Crippen LogP contribution is -2.55. The van der Waals surface area contributed by atoms with Crippen LogP contribution in [0, 0.1) is 0 Å². The first kappa shape index (κ1) is 31.3. The van der Waals surface area contributed by atoms with Crippen molar-refractivity contribution in [2.24, 2.45) is 5.73 Å². The lowest BCUT2D eigenvalue weighted by molar-refractivity contribution is -0.147. The van der Waals surface area contributed by atoms with E-state index in [9.17, 15) is 43.8 Å². The lowest BCUT2D eigenvalue weighted by atomic mass is 10.1. The summed E-state index contributed by atoms with van der Waals surface area (Å²) in [5, 5.41) is 25.3. The Morgan fingerprint density at radius 3 is 1.67 bits per heavy atom. The van der Waals surface area contributed by atoms with Crippen molar-refractivity contribution in [3.05, 3.63) is 0 Å². The fourth-order valence-corrected chi connectivity index (χ4v) is 6.40. The van der Waals surface area contributed by atoms with Gasteiger partial charge in [-0.05, 0) is 25.7 Å². The van der Waals surface area contributed by atoms with Gasteiger partial charge in [0.05, 0.1) is 31.8 Å². The Labute approximate surface area is 242 Å². The zero-order valence-corrected chi connectivity index (χ0v) is 23.4. The summed E-state index contributed by atoms with van der Waals surface area (Å²) in [6.45, 7) is -0.468. The van der Waals surface area contributed by atoms with E-state index in [4.69, 9.17) is 5.73 Å². The van der Waals surface area contributed by atoms with Crippen LogP contribution in [0.15, 0.2) is 0 Å². The fraction of sp³-hybridized carbons (Fsp3) is 0.731. The van der Waals surface area contributed by atoms with E-state index in [1.165, 1.54) is 19.6 Å². The molecule has 4 heterocycles. The van der Waals surface area contributed by atoms with E-state index in [-0.39, 0.29) is 51.5 Å². The van der Waals surface area contributed by atoms with Crippen LogP contribution in [0.3, 0.4) is 0 Å². The molecule has 16 nitrogen and oxygen atoms in total. The van der Waals surface area contributed by atoms with E-state index >= 15 is 0 Å². The van der Waals surface area contributed by atoms with Crippen molar-refractivity contribution in [2.45, 2.75) is 74.9 Å². The third-order valence-electron chi connectivity index (χ3n) is 8.39. The number of carbonyl (C=O) groups excluding carboxylic acids is 7. The van der Waals surface area contributed by atoms with Crippen LogP contribution in [0.25, 0.3) is 0 Å². The van der Waals surface area contributed by atoms with Crippen LogP contribution < -0.4 is 16.4 Å². The predicted molar refractivity (Wildman–Crippen MR) is 143 cm³/mol. The maximum absolute atomic E-state index is 13.4. The zero-order valence-electron chi connectivity index (χ0n) is 23.4. The summed E-state index contributed by atoms with van der Waals surface area (Å²) in [5.74, 6) is -3.07. The van der Waals surface area contributed by atoms with Gasteiger partial charge in [-0.15, -0.1) is 0 Å². The molecule has 0 spiro atoms. The van der Waals surface area contributed by atoms with Gasteiger partial charge in [-0.2, -0.15) is 0 Å². The van der Waals surface area contributed by atoms with Crippen molar-refractivity contribution >= 4 is 41.7 Å². The number of amides is 6. The number of aliphatic hydroxyl groups excluding tert-OH is 2. The monoisotopic (exact) mass is 593 g/mol. The molecule has 0 saturated carbocycles. The largest absolute Gasteiger partial charge is 0.391 e. The van der Waals surface area contributed by atoms with Crippen molar-refractivity contribution in [3.8, 4) is 0 Å². The quantitative estimate of drug-likeness (QED) is 0.161. The average molecular weight is 594 g/mol. The van der Waals surface area contributed by atoms with Crippen LogP contribution in [0.1, 0.15) is 38.5 Å². The zero-order chi connectivity index (χ0) is 30.6. The number of β-amino-alcohol motifs (C(OH)–C–C–N with tert-alkyl or cyclic N) is 2. The molecular weight excluding hydrogens is 554 g/mol. The first-order chi connectivity index (χ1) is 20.1. The van der Waals surface area contributed by atoms with Gasteiger partial charge in [-0.25, -0.2) is 0 Å². The Hall–Kier alpha value is -3.63. The minimum atomic E-state index is -1.04. The van der Waals surface area contributed by atoms with E-state index in [1.807, 2.05) is 0 Å². The molecular formula is C26H39N7O9. The van der Waals surface area contributed by atoms with Crippen molar-refractivity contribution in [1.82, 2.24) is 30.2 Å².